The maximum Gasteiger partial charge on any atom is 0.253 e. The summed E-state index contributed by atoms with van der Waals surface area (Å²) in [6, 6.07) is 15.5. The van der Waals surface area contributed by atoms with Crippen LogP contribution in [0.4, 0.5) is 0 Å². The van der Waals surface area contributed by atoms with Gasteiger partial charge in [-0.1, -0.05) is 30.3 Å². The van der Waals surface area contributed by atoms with Gasteiger partial charge in [-0.25, -0.2) is 0 Å². The molecule has 1 N–H and O–H groups in total. The molecule has 1 heterocycles. The number of likely N-dealkylation sites (tertiary alicyclic amines) is 1. The fourth-order valence-corrected chi connectivity index (χ4v) is 3.37. The first-order chi connectivity index (χ1) is 12.2. The number of hydrogen-bond donors (Lipinski definition) is 1. The second-order valence-corrected chi connectivity index (χ2v) is 6.55. The fourth-order valence-electron chi connectivity index (χ4n) is 3.37. The minimum atomic E-state index is 0.0762. The summed E-state index contributed by atoms with van der Waals surface area (Å²) in [6.07, 6.45) is 1.99. The van der Waals surface area contributed by atoms with E-state index < -0.39 is 0 Å². The van der Waals surface area contributed by atoms with Gasteiger partial charge in [0.1, 0.15) is 5.75 Å². The Morgan fingerprint density at radius 3 is 2.68 bits per heavy atom. The monoisotopic (exact) mass is 339 g/mol. The lowest BCUT2D eigenvalue weighted by molar-refractivity contribution is 0.0786. The van der Waals surface area contributed by atoms with Crippen molar-refractivity contribution < 1.29 is 14.6 Å². The third-order valence-corrected chi connectivity index (χ3v) is 4.69. The number of carbonyl (C=O) groups excluding carboxylic acids is 1. The molecule has 1 aliphatic heterocycles. The van der Waals surface area contributed by atoms with Crippen LogP contribution in [0.15, 0.2) is 48.5 Å². The van der Waals surface area contributed by atoms with Gasteiger partial charge in [0.25, 0.3) is 5.91 Å². The summed E-state index contributed by atoms with van der Waals surface area (Å²) in [4.78, 5) is 14.7. The Labute approximate surface area is 149 Å². The molecule has 1 saturated heterocycles. The molecule has 1 fully saturated rings. The molecule has 132 valence electrons. The van der Waals surface area contributed by atoms with Crippen molar-refractivity contribution in [3.05, 3.63) is 65.2 Å². The molecule has 2 aromatic carbocycles. The van der Waals surface area contributed by atoms with Gasteiger partial charge in [-0.2, -0.15) is 0 Å². The average Bonchev–Trinajstić information content (AvgIpc) is 3.11. The summed E-state index contributed by atoms with van der Waals surface area (Å²) in [7, 11) is 0. The van der Waals surface area contributed by atoms with Crippen LogP contribution in [0.25, 0.3) is 0 Å². The highest BCUT2D eigenvalue weighted by molar-refractivity contribution is 5.94. The zero-order valence-corrected chi connectivity index (χ0v) is 14.6. The number of rotatable bonds is 6. The molecule has 1 amide bonds. The van der Waals surface area contributed by atoms with Crippen LogP contribution in [0.2, 0.25) is 0 Å². The zero-order chi connectivity index (χ0) is 17.6. The first kappa shape index (κ1) is 17.5. The maximum atomic E-state index is 12.7. The van der Waals surface area contributed by atoms with Crippen LogP contribution in [0.5, 0.6) is 5.75 Å². The van der Waals surface area contributed by atoms with E-state index in [-0.39, 0.29) is 12.5 Å². The predicted octanol–water partition coefficient (Wildman–Crippen LogP) is 3.28. The first-order valence-corrected chi connectivity index (χ1v) is 8.90. The molecule has 4 nitrogen and oxygen atoms in total. The van der Waals surface area contributed by atoms with Crippen molar-refractivity contribution in [2.45, 2.75) is 26.4 Å². The third kappa shape index (κ3) is 4.40. The Kier molecular flexibility index (Phi) is 5.71. The SMILES string of the molecule is CCOc1cccc(C(=O)N2CCC(Cc3ccc(CO)cc3)C2)c1. The summed E-state index contributed by atoms with van der Waals surface area (Å²) in [5.41, 5.74) is 2.88. The smallest absolute Gasteiger partial charge is 0.253 e. The van der Waals surface area contributed by atoms with E-state index in [4.69, 9.17) is 9.84 Å². The van der Waals surface area contributed by atoms with Gasteiger partial charge >= 0.3 is 0 Å². The van der Waals surface area contributed by atoms with Crippen molar-refractivity contribution in [2.75, 3.05) is 19.7 Å². The highest BCUT2D eigenvalue weighted by Crippen LogP contribution is 2.24. The molecule has 0 bridgehead atoms. The summed E-state index contributed by atoms with van der Waals surface area (Å²) in [6.45, 7) is 4.20. The van der Waals surface area contributed by atoms with Crippen LogP contribution in [0, 0.1) is 5.92 Å². The van der Waals surface area contributed by atoms with Crippen LogP contribution in [-0.4, -0.2) is 35.6 Å². The molecule has 1 aliphatic rings. The van der Waals surface area contributed by atoms with Crippen molar-refractivity contribution >= 4 is 5.91 Å². The molecule has 0 saturated carbocycles. The highest BCUT2D eigenvalue weighted by atomic mass is 16.5. The van der Waals surface area contributed by atoms with Crippen LogP contribution < -0.4 is 4.74 Å². The van der Waals surface area contributed by atoms with Crippen molar-refractivity contribution in [3.63, 3.8) is 0 Å². The Bertz CT molecular complexity index is 711. The molecule has 3 rings (SSSR count). The van der Waals surface area contributed by atoms with E-state index in [9.17, 15) is 4.79 Å². The van der Waals surface area contributed by atoms with Crippen molar-refractivity contribution in [1.82, 2.24) is 4.90 Å². The number of amides is 1. The van der Waals surface area contributed by atoms with Crippen LogP contribution in [-0.2, 0) is 13.0 Å². The van der Waals surface area contributed by atoms with Crippen molar-refractivity contribution in [3.8, 4) is 5.75 Å². The van der Waals surface area contributed by atoms with Gasteiger partial charge in [0.2, 0.25) is 0 Å². The second kappa shape index (κ2) is 8.17. The van der Waals surface area contributed by atoms with Gasteiger partial charge in [0, 0.05) is 18.7 Å². The lowest BCUT2D eigenvalue weighted by Crippen LogP contribution is -2.28. The molecule has 0 radical (unpaired) electrons. The number of carbonyl (C=O) groups is 1. The molecule has 25 heavy (non-hydrogen) atoms. The fraction of sp³-hybridized carbons (Fsp3) is 0.381. The topological polar surface area (TPSA) is 49.8 Å². The summed E-state index contributed by atoms with van der Waals surface area (Å²) < 4.78 is 5.49. The predicted molar refractivity (Wildman–Crippen MR) is 97.7 cm³/mol. The van der Waals surface area contributed by atoms with Crippen LogP contribution >= 0.6 is 0 Å². The quantitative estimate of drug-likeness (QED) is 0.879. The van der Waals surface area contributed by atoms with E-state index in [2.05, 4.69) is 12.1 Å². The Morgan fingerprint density at radius 1 is 1.20 bits per heavy atom. The average molecular weight is 339 g/mol. The van der Waals surface area contributed by atoms with Crippen LogP contribution in [0.3, 0.4) is 0 Å². The zero-order valence-electron chi connectivity index (χ0n) is 14.6. The molecule has 2 aromatic rings. The van der Waals surface area contributed by atoms with E-state index in [1.54, 1.807) is 0 Å². The van der Waals surface area contributed by atoms with Gasteiger partial charge in [-0.05, 0) is 55.0 Å². The minimum absolute atomic E-state index is 0.0762. The number of hydrogen-bond acceptors (Lipinski definition) is 3. The molecule has 0 spiro atoms. The van der Waals surface area contributed by atoms with E-state index in [0.717, 1.165) is 37.2 Å². The standard InChI is InChI=1S/C21H25NO3/c1-2-25-20-5-3-4-19(13-20)21(24)22-11-10-18(14-22)12-16-6-8-17(15-23)9-7-16/h3-9,13,18,23H,2,10-12,14-15H2,1H3. The van der Waals surface area contributed by atoms with Gasteiger partial charge in [-0.15, -0.1) is 0 Å². The molecule has 0 aromatic heterocycles. The highest BCUT2D eigenvalue weighted by Gasteiger charge is 2.27. The van der Waals surface area contributed by atoms with Gasteiger partial charge in [-0.3, -0.25) is 4.79 Å². The largest absolute Gasteiger partial charge is 0.494 e. The van der Waals surface area contributed by atoms with Crippen molar-refractivity contribution in [1.29, 1.82) is 0 Å². The first-order valence-electron chi connectivity index (χ1n) is 8.90. The van der Waals surface area contributed by atoms with E-state index in [1.165, 1.54) is 5.56 Å². The minimum Gasteiger partial charge on any atom is -0.494 e. The summed E-state index contributed by atoms with van der Waals surface area (Å²) in [5.74, 6) is 1.31. The molecular formula is C21H25NO3. The number of ether oxygens (including phenoxy) is 1. The van der Waals surface area contributed by atoms with E-state index in [1.807, 2.05) is 48.2 Å². The lowest BCUT2D eigenvalue weighted by Gasteiger charge is -2.17. The van der Waals surface area contributed by atoms with E-state index in [0.29, 0.717) is 18.1 Å². The molecular weight excluding hydrogens is 314 g/mol. The lowest BCUT2D eigenvalue weighted by atomic mass is 9.98. The number of nitrogens with zero attached hydrogens (tertiary/aromatic N) is 1. The molecule has 0 aliphatic carbocycles. The molecule has 4 heteroatoms. The summed E-state index contributed by atoms with van der Waals surface area (Å²) in [5, 5.41) is 9.12. The Balaban J connectivity index is 1.59. The van der Waals surface area contributed by atoms with Gasteiger partial charge in [0.05, 0.1) is 13.2 Å². The number of aliphatic hydroxyl groups excluding tert-OH is 1. The second-order valence-electron chi connectivity index (χ2n) is 6.55. The maximum absolute atomic E-state index is 12.7. The van der Waals surface area contributed by atoms with E-state index >= 15 is 0 Å². The normalized spacial score (nSPS) is 16.9. The molecule has 1 atom stereocenters. The summed E-state index contributed by atoms with van der Waals surface area (Å²) >= 11 is 0. The Hall–Kier alpha value is -2.33. The molecule has 1 unspecified atom stereocenters. The number of benzene rings is 2. The van der Waals surface area contributed by atoms with Crippen molar-refractivity contribution in [2.24, 2.45) is 5.92 Å². The number of aliphatic hydroxyl groups is 1. The van der Waals surface area contributed by atoms with Gasteiger partial charge < -0.3 is 14.7 Å². The van der Waals surface area contributed by atoms with Gasteiger partial charge in [0.15, 0.2) is 0 Å². The Morgan fingerprint density at radius 2 is 1.96 bits per heavy atom. The third-order valence-electron chi connectivity index (χ3n) is 4.69. The van der Waals surface area contributed by atoms with Crippen LogP contribution in [0.1, 0.15) is 34.8 Å².